The maximum atomic E-state index is 8.49. The van der Waals surface area contributed by atoms with Crippen LogP contribution >= 0.6 is 11.5 Å². The van der Waals surface area contributed by atoms with Crippen LogP contribution < -0.4 is 4.90 Å². The molecule has 0 saturated heterocycles. The zero-order chi connectivity index (χ0) is 11.5. The van der Waals surface area contributed by atoms with Crippen LogP contribution in [-0.2, 0) is 5.41 Å². The van der Waals surface area contributed by atoms with Crippen LogP contribution in [0.5, 0.6) is 0 Å². The van der Waals surface area contributed by atoms with E-state index < -0.39 is 0 Å². The largest absolute Gasteiger partial charge is 0.349 e. The lowest BCUT2D eigenvalue weighted by molar-refractivity contribution is 0.554. The first kappa shape index (κ1) is 11.9. The molecule has 0 amide bonds. The molecule has 5 heteroatoms. The highest BCUT2D eigenvalue weighted by Crippen LogP contribution is 2.24. The van der Waals surface area contributed by atoms with Crippen molar-refractivity contribution in [2.75, 3.05) is 18.5 Å². The second kappa shape index (κ2) is 4.58. The molecule has 15 heavy (non-hydrogen) atoms. The normalized spacial score (nSPS) is 11.1. The van der Waals surface area contributed by atoms with Crippen molar-refractivity contribution < 1.29 is 0 Å². The van der Waals surface area contributed by atoms with Gasteiger partial charge in [0.2, 0.25) is 5.13 Å². The van der Waals surface area contributed by atoms with Crippen molar-refractivity contribution in [2.24, 2.45) is 0 Å². The summed E-state index contributed by atoms with van der Waals surface area (Å²) in [4.78, 5) is 6.43. The number of hydrogen-bond donors (Lipinski definition) is 0. The molecule has 0 N–H and O–H groups in total. The summed E-state index contributed by atoms with van der Waals surface area (Å²) in [5, 5.41) is 9.37. The molecule has 1 aromatic heterocycles. The highest BCUT2D eigenvalue weighted by Gasteiger charge is 2.20. The average Bonchev–Trinajstić information content (AvgIpc) is 2.62. The zero-order valence-electron chi connectivity index (χ0n) is 9.61. The topological polar surface area (TPSA) is 52.8 Å². The zero-order valence-corrected chi connectivity index (χ0v) is 10.4. The first-order chi connectivity index (χ1) is 6.95. The fourth-order valence-corrected chi connectivity index (χ4v) is 1.83. The van der Waals surface area contributed by atoms with Crippen LogP contribution in [0.1, 0.15) is 33.0 Å². The molecule has 0 aliphatic heterocycles. The summed E-state index contributed by atoms with van der Waals surface area (Å²) in [6, 6.07) is 2.12. The number of nitrogens with zero attached hydrogens (tertiary/aromatic N) is 4. The fourth-order valence-electron chi connectivity index (χ4n) is 0.989. The van der Waals surface area contributed by atoms with E-state index in [0.717, 1.165) is 11.0 Å². The molecule has 0 aliphatic rings. The third kappa shape index (κ3) is 3.17. The standard InChI is InChI=1S/C10H16N4S/c1-10(2,3)8-12-9(15-13-8)14(4)7-5-6-11/h5,7H2,1-4H3. The molecule has 0 aliphatic carbocycles. The van der Waals surface area contributed by atoms with Gasteiger partial charge in [0, 0.05) is 30.5 Å². The van der Waals surface area contributed by atoms with Crippen LogP contribution in [0.25, 0.3) is 0 Å². The lowest BCUT2D eigenvalue weighted by Crippen LogP contribution is -2.19. The molecule has 0 unspecified atom stereocenters. The molecular weight excluding hydrogens is 208 g/mol. The minimum atomic E-state index is -0.00911. The minimum absolute atomic E-state index is 0.00911. The first-order valence-corrected chi connectivity index (χ1v) is 5.65. The van der Waals surface area contributed by atoms with Gasteiger partial charge in [-0.3, -0.25) is 0 Å². The van der Waals surface area contributed by atoms with Gasteiger partial charge < -0.3 is 4.90 Å². The first-order valence-electron chi connectivity index (χ1n) is 4.87. The third-order valence-corrected chi connectivity index (χ3v) is 2.80. The van der Waals surface area contributed by atoms with Crippen molar-refractivity contribution in [3.05, 3.63) is 5.82 Å². The van der Waals surface area contributed by atoms with Gasteiger partial charge in [-0.25, -0.2) is 4.98 Å². The van der Waals surface area contributed by atoms with E-state index in [1.54, 1.807) is 0 Å². The summed E-state index contributed by atoms with van der Waals surface area (Å²) in [7, 11) is 1.93. The Morgan fingerprint density at radius 3 is 2.60 bits per heavy atom. The van der Waals surface area contributed by atoms with Gasteiger partial charge in [-0.1, -0.05) is 20.8 Å². The van der Waals surface area contributed by atoms with Crippen LogP contribution in [0, 0.1) is 11.3 Å². The molecule has 0 atom stereocenters. The van der Waals surface area contributed by atoms with Crippen molar-refractivity contribution in [3.63, 3.8) is 0 Å². The molecule has 1 rings (SSSR count). The second-order valence-electron chi connectivity index (χ2n) is 4.48. The van der Waals surface area contributed by atoms with Gasteiger partial charge in [0.05, 0.1) is 12.5 Å². The molecule has 0 spiro atoms. The van der Waals surface area contributed by atoms with Crippen molar-refractivity contribution >= 4 is 16.7 Å². The Morgan fingerprint density at radius 2 is 2.13 bits per heavy atom. The fraction of sp³-hybridized carbons (Fsp3) is 0.700. The SMILES string of the molecule is CN(CCC#N)c1nc(C(C)(C)C)ns1. The molecule has 0 radical (unpaired) electrons. The lowest BCUT2D eigenvalue weighted by Gasteiger charge is -2.14. The van der Waals surface area contributed by atoms with Crippen molar-refractivity contribution in [1.82, 2.24) is 9.36 Å². The average molecular weight is 224 g/mol. The van der Waals surface area contributed by atoms with Crippen LogP contribution in [0.4, 0.5) is 5.13 Å². The molecule has 82 valence electrons. The molecule has 0 saturated carbocycles. The Morgan fingerprint density at radius 1 is 1.47 bits per heavy atom. The van der Waals surface area contributed by atoms with Crippen molar-refractivity contribution in [2.45, 2.75) is 32.6 Å². The quantitative estimate of drug-likeness (QED) is 0.789. The van der Waals surface area contributed by atoms with E-state index >= 15 is 0 Å². The van der Waals surface area contributed by atoms with E-state index in [4.69, 9.17) is 5.26 Å². The molecule has 4 nitrogen and oxygen atoms in total. The number of rotatable bonds is 3. The van der Waals surface area contributed by atoms with Gasteiger partial charge in [0.25, 0.3) is 0 Å². The number of anilines is 1. The summed E-state index contributed by atoms with van der Waals surface area (Å²) in [6.45, 7) is 6.98. The Kier molecular flexibility index (Phi) is 3.64. The summed E-state index contributed by atoms with van der Waals surface area (Å²) in [5.74, 6) is 0.867. The van der Waals surface area contributed by atoms with Crippen molar-refractivity contribution in [3.8, 4) is 6.07 Å². The Bertz CT molecular complexity index is 358. The Labute approximate surface area is 94.7 Å². The molecule has 1 heterocycles. The molecule has 0 aromatic carbocycles. The van der Waals surface area contributed by atoms with E-state index in [1.807, 2.05) is 11.9 Å². The van der Waals surface area contributed by atoms with Crippen molar-refractivity contribution in [1.29, 1.82) is 5.26 Å². The predicted octanol–water partition coefficient (Wildman–Crippen LogP) is 2.19. The maximum Gasteiger partial charge on any atom is 0.204 e. The van der Waals surface area contributed by atoms with Crippen LogP contribution in [0.3, 0.4) is 0 Å². The van der Waals surface area contributed by atoms with E-state index in [1.165, 1.54) is 11.5 Å². The summed E-state index contributed by atoms with van der Waals surface area (Å²) in [6.07, 6.45) is 0.515. The number of nitriles is 1. The van der Waals surface area contributed by atoms with Gasteiger partial charge in [-0.2, -0.15) is 9.64 Å². The number of hydrogen-bond acceptors (Lipinski definition) is 5. The minimum Gasteiger partial charge on any atom is -0.349 e. The van der Waals surface area contributed by atoms with Gasteiger partial charge in [-0.05, 0) is 0 Å². The third-order valence-electron chi connectivity index (χ3n) is 1.97. The monoisotopic (exact) mass is 224 g/mol. The van der Waals surface area contributed by atoms with Crippen LogP contribution in [0.2, 0.25) is 0 Å². The Hall–Kier alpha value is -1.15. The maximum absolute atomic E-state index is 8.49. The van der Waals surface area contributed by atoms with Crippen LogP contribution in [0.15, 0.2) is 0 Å². The highest BCUT2D eigenvalue weighted by molar-refractivity contribution is 7.09. The van der Waals surface area contributed by atoms with Gasteiger partial charge in [0.1, 0.15) is 5.82 Å². The molecule has 1 aromatic rings. The van der Waals surface area contributed by atoms with E-state index in [-0.39, 0.29) is 5.41 Å². The van der Waals surface area contributed by atoms with Gasteiger partial charge in [-0.15, -0.1) is 0 Å². The summed E-state index contributed by atoms with van der Waals surface area (Å²) < 4.78 is 4.32. The summed E-state index contributed by atoms with van der Waals surface area (Å²) >= 11 is 1.39. The summed E-state index contributed by atoms with van der Waals surface area (Å²) in [5.41, 5.74) is -0.00911. The van der Waals surface area contributed by atoms with Crippen LogP contribution in [-0.4, -0.2) is 22.9 Å². The molecule has 0 fully saturated rings. The second-order valence-corrected chi connectivity index (χ2v) is 5.21. The number of aromatic nitrogens is 2. The van der Waals surface area contributed by atoms with E-state index in [2.05, 4.69) is 36.2 Å². The van der Waals surface area contributed by atoms with E-state index in [0.29, 0.717) is 13.0 Å². The smallest absolute Gasteiger partial charge is 0.204 e. The Balaban J connectivity index is 2.72. The van der Waals surface area contributed by atoms with Gasteiger partial charge >= 0.3 is 0 Å². The predicted molar refractivity (Wildman–Crippen MR) is 62.1 cm³/mol. The molecular formula is C10H16N4S. The van der Waals surface area contributed by atoms with Gasteiger partial charge in [0.15, 0.2) is 0 Å². The lowest BCUT2D eigenvalue weighted by atomic mass is 9.96. The highest BCUT2D eigenvalue weighted by atomic mass is 32.1. The molecule has 0 bridgehead atoms. The van der Waals surface area contributed by atoms with E-state index in [9.17, 15) is 0 Å².